The third kappa shape index (κ3) is 74.2. The van der Waals surface area contributed by atoms with Crippen molar-refractivity contribution in [1.29, 1.82) is 0 Å². The Hall–Kier alpha value is -2.46. The lowest BCUT2D eigenvalue weighted by Crippen LogP contribution is -2.30. The molecule has 0 saturated heterocycles. The quantitative estimate of drug-likeness (QED) is 0.0169. The lowest BCUT2D eigenvalue weighted by atomic mass is 9.99. The summed E-state index contributed by atoms with van der Waals surface area (Å²) in [7, 11) is -9.93. The van der Waals surface area contributed by atoms with E-state index >= 15 is 0 Å². The topological polar surface area (TPSA) is 237 Å². The van der Waals surface area contributed by atoms with Gasteiger partial charge >= 0.3 is 39.5 Å². The number of aliphatic hydroxyl groups is 1. The molecule has 6 atom stereocenters. The van der Waals surface area contributed by atoms with Gasteiger partial charge in [-0.3, -0.25) is 37.3 Å². The molecule has 0 aromatic carbocycles. The molecule has 0 aliphatic heterocycles. The summed E-state index contributed by atoms with van der Waals surface area (Å²) in [5.41, 5.74) is 0. The zero-order valence-corrected chi connectivity index (χ0v) is 67.3. The van der Waals surface area contributed by atoms with Gasteiger partial charge in [-0.25, -0.2) is 9.13 Å². The zero-order chi connectivity index (χ0) is 74.1. The van der Waals surface area contributed by atoms with Crippen LogP contribution >= 0.6 is 15.6 Å². The SMILES string of the molecule is CCCCCC/C=C\C=C/CCCCCCCC(=O)OC[C@H](COP(=O)(O)OC[C@@H](O)COP(=O)(O)OC[C@@H](COC(=O)CCCCCCCCCCCC)OC(=O)CCCCCCCCCCCCCCCC)OC(=O)CCCCCCCCCCCCCCCCCCCCC(C)CC. The molecule has 0 heterocycles. The van der Waals surface area contributed by atoms with Gasteiger partial charge in [0.25, 0.3) is 0 Å². The normalized spacial score (nSPS) is 14.3. The van der Waals surface area contributed by atoms with Crippen LogP contribution in [0.3, 0.4) is 0 Å². The predicted molar refractivity (Wildman–Crippen MR) is 414 cm³/mol. The van der Waals surface area contributed by atoms with Crippen molar-refractivity contribution in [2.24, 2.45) is 5.92 Å². The highest BCUT2D eigenvalue weighted by Crippen LogP contribution is 2.45. The lowest BCUT2D eigenvalue weighted by Gasteiger charge is -2.21. The molecule has 0 fully saturated rings. The highest BCUT2D eigenvalue weighted by molar-refractivity contribution is 7.47. The van der Waals surface area contributed by atoms with Crippen LogP contribution in [-0.4, -0.2) is 96.7 Å². The van der Waals surface area contributed by atoms with Gasteiger partial charge in [0.1, 0.15) is 19.3 Å². The molecule has 0 aliphatic carbocycles. The van der Waals surface area contributed by atoms with Gasteiger partial charge in [-0.1, -0.05) is 361 Å². The number of carbonyl (C=O) groups excluding carboxylic acids is 4. The Balaban J connectivity index is 5.24. The number of hydrogen-bond donors (Lipinski definition) is 3. The van der Waals surface area contributed by atoms with Crippen molar-refractivity contribution in [2.75, 3.05) is 39.6 Å². The standard InChI is InChI=1S/C82H156O17P2/c1-6-10-13-16-19-22-25-27-33-38-41-46-51-56-61-66-80(85)93-72-78(99-82(87)68-63-58-53-48-43-39-35-32-30-29-31-34-36-40-44-49-54-59-64-75(5)9-4)74-97-101(90,91)95-70-76(83)69-94-100(88,89)96-73-77(71-92-79(84)65-60-55-50-45-24-21-18-15-12-8-3)98-81(86)67-62-57-52-47-42-37-28-26-23-20-17-14-11-7-2/h22,25,27,33,75-78,83H,6-21,23-24,26,28-32,34-74H2,1-5H3,(H,88,89)(H,90,91)/b25-22-,33-27-/t75?,76-,77+,78+/m0/s1. The summed E-state index contributed by atoms with van der Waals surface area (Å²) in [6.07, 6.45) is 68.7. The molecule has 0 aromatic rings. The zero-order valence-electron chi connectivity index (χ0n) is 65.5. The van der Waals surface area contributed by atoms with Crippen molar-refractivity contribution in [1.82, 2.24) is 0 Å². The molecule has 3 N–H and O–H groups in total. The van der Waals surface area contributed by atoms with Gasteiger partial charge in [0.2, 0.25) is 0 Å². The molecule has 0 saturated carbocycles. The van der Waals surface area contributed by atoms with E-state index in [-0.39, 0.29) is 25.7 Å². The largest absolute Gasteiger partial charge is 0.472 e. The Kier molecular flexibility index (Phi) is 72.6. The Morgan fingerprint density at radius 3 is 0.842 bits per heavy atom. The summed E-state index contributed by atoms with van der Waals surface area (Å²) < 4.78 is 68.7. The van der Waals surface area contributed by atoms with Crippen molar-refractivity contribution in [3.8, 4) is 0 Å². The van der Waals surface area contributed by atoms with E-state index in [1.54, 1.807) is 0 Å². The Labute approximate surface area is 618 Å². The first-order valence-electron chi connectivity index (χ1n) is 42.0. The average Bonchev–Trinajstić information content (AvgIpc) is 1.05. The molecule has 3 unspecified atom stereocenters. The second-order valence-corrected chi connectivity index (χ2v) is 32.0. The van der Waals surface area contributed by atoms with Gasteiger partial charge < -0.3 is 33.8 Å². The minimum absolute atomic E-state index is 0.102. The van der Waals surface area contributed by atoms with Gasteiger partial charge in [-0.2, -0.15) is 0 Å². The minimum Gasteiger partial charge on any atom is -0.462 e. The fourth-order valence-corrected chi connectivity index (χ4v) is 13.8. The van der Waals surface area contributed by atoms with Crippen molar-refractivity contribution < 1.29 is 80.2 Å². The third-order valence-electron chi connectivity index (χ3n) is 19.0. The molecule has 0 aliphatic rings. The first kappa shape index (κ1) is 98.5. The summed E-state index contributed by atoms with van der Waals surface area (Å²) in [5, 5.41) is 10.6. The van der Waals surface area contributed by atoms with E-state index in [2.05, 4.69) is 58.9 Å². The predicted octanol–water partition coefficient (Wildman–Crippen LogP) is 24.4. The second kappa shape index (κ2) is 74.4. The van der Waals surface area contributed by atoms with Crippen molar-refractivity contribution in [3.05, 3.63) is 24.3 Å². The van der Waals surface area contributed by atoms with Crippen LogP contribution in [0.5, 0.6) is 0 Å². The first-order chi connectivity index (χ1) is 49.1. The smallest absolute Gasteiger partial charge is 0.462 e. The van der Waals surface area contributed by atoms with Gasteiger partial charge in [0.05, 0.1) is 26.4 Å². The van der Waals surface area contributed by atoms with E-state index in [0.29, 0.717) is 25.7 Å². The molecule has 0 amide bonds. The van der Waals surface area contributed by atoms with Crippen LogP contribution in [-0.2, 0) is 65.4 Å². The number of hydrogen-bond acceptors (Lipinski definition) is 15. The molecule has 0 aromatic heterocycles. The molecule has 19 heteroatoms. The maximum Gasteiger partial charge on any atom is 0.472 e. The fourth-order valence-electron chi connectivity index (χ4n) is 12.2. The molecule has 0 spiro atoms. The number of phosphoric ester groups is 2. The summed E-state index contributed by atoms with van der Waals surface area (Å²) >= 11 is 0. The summed E-state index contributed by atoms with van der Waals surface area (Å²) in [4.78, 5) is 73.0. The molecule has 0 radical (unpaired) electrons. The van der Waals surface area contributed by atoms with E-state index in [0.717, 1.165) is 115 Å². The van der Waals surface area contributed by atoms with Crippen LogP contribution in [0.1, 0.15) is 413 Å². The van der Waals surface area contributed by atoms with Gasteiger partial charge in [0.15, 0.2) is 12.2 Å². The summed E-state index contributed by atoms with van der Waals surface area (Å²) in [5.74, 6) is -1.27. The van der Waals surface area contributed by atoms with Crippen LogP contribution in [0.15, 0.2) is 24.3 Å². The Morgan fingerprint density at radius 2 is 0.554 bits per heavy atom. The molecule has 101 heavy (non-hydrogen) atoms. The minimum atomic E-state index is -4.97. The number of unbranched alkanes of at least 4 members (excludes halogenated alkanes) is 48. The van der Waals surface area contributed by atoms with Crippen molar-refractivity contribution in [2.45, 2.75) is 432 Å². The van der Waals surface area contributed by atoms with E-state index < -0.39 is 97.5 Å². The van der Waals surface area contributed by atoms with Crippen LogP contribution in [0.4, 0.5) is 0 Å². The Morgan fingerprint density at radius 1 is 0.317 bits per heavy atom. The average molecular weight is 1480 g/mol. The number of carbonyl (C=O) groups is 4. The lowest BCUT2D eigenvalue weighted by molar-refractivity contribution is -0.161. The van der Waals surface area contributed by atoms with Crippen molar-refractivity contribution in [3.63, 3.8) is 0 Å². The Bertz CT molecular complexity index is 2020. The highest BCUT2D eigenvalue weighted by Gasteiger charge is 2.30. The third-order valence-corrected chi connectivity index (χ3v) is 20.9. The van der Waals surface area contributed by atoms with Crippen LogP contribution in [0.2, 0.25) is 0 Å². The number of aliphatic hydroxyl groups excluding tert-OH is 1. The number of phosphoric acid groups is 2. The molecular formula is C82H156O17P2. The van der Waals surface area contributed by atoms with Gasteiger partial charge in [0, 0.05) is 25.7 Å². The number of esters is 4. The van der Waals surface area contributed by atoms with Crippen molar-refractivity contribution >= 4 is 39.5 Å². The number of ether oxygens (including phenoxy) is 4. The van der Waals surface area contributed by atoms with Crippen LogP contribution in [0.25, 0.3) is 0 Å². The van der Waals surface area contributed by atoms with E-state index in [4.69, 9.17) is 37.0 Å². The second-order valence-electron chi connectivity index (χ2n) is 29.1. The highest BCUT2D eigenvalue weighted by atomic mass is 31.2. The molecule has 596 valence electrons. The fraction of sp³-hybridized carbons (Fsp3) is 0.902. The first-order valence-corrected chi connectivity index (χ1v) is 45.0. The van der Waals surface area contributed by atoms with Gasteiger partial charge in [-0.05, 0) is 57.3 Å². The summed E-state index contributed by atoms with van der Waals surface area (Å²) in [6.45, 7) is 7.33. The molecular weight excluding hydrogens is 1320 g/mol. The maximum atomic E-state index is 13.1. The molecule has 0 bridgehead atoms. The number of rotatable bonds is 80. The monoisotopic (exact) mass is 1480 g/mol. The molecule has 17 nitrogen and oxygen atoms in total. The van der Waals surface area contributed by atoms with Gasteiger partial charge in [-0.15, -0.1) is 0 Å². The van der Waals surface area contributed by atoms with Crippen LogP contribution in [0, 0.1) is 5.92 Å². The number of allylic oxidation sites excluding steroid dienone is 4. The molecule has 0 rings (SSSR count). The van der Waals surface area contributed by atoms with E-state index in [9.17, 15) is 43.2 Å². The maximum absolute atomic E-state index is 13.1. The van der Waals surface area contributed by atoms with Crippen LogP contribution < -0.4 is 0 Å². The summed E-state index contributed by atoms with van der Waals surface area (Å²) in [6, 6.07) is 0. The van der Waals surface area contributed by atoms with E-state index in [1.807, 2.05) is 0 Å². The van der Waals surface area contributed by atoms with E-state index in [1.165, 1.54) is 218 Å².